The molecule has 0 aliphatic carbocycles. The third kappa shape index (κ3) is 4.27. The van der Waals surface area contributed by atoms with Crippen LogP contribution in [0.3, 0.4) is 0 Å². The van der Waals surface area contributed by atoms with Crippen molar-refractivity contribution in [3.63, 3.8) is 0 Å². The molecule has 1 atom stereocenters. The van der Waals surface area contributed by atoms with Crippen LogP contribution in [-0.4, -0.2) is 26.5 Å². The summed E-state index contributed by atoms with van der Waals surface area (Å²) >= 11 is 0. The summed E-state index contributed by atoms with van der Waals surface area (Å²) in [5.74, 6) is -0.127. The van der Waals surface area contributed by atoms with Gasteiger partial charge in [0.05, 0.1) is 5.75 Å². The summed E-state index contributed by atoms with van der Waals surface area (Å²) in [6, 6.07) is 3.96. The first-order valence-corrected chi connectivity index (χ1v) is 7.56. The molecule has 0 amide bonds. The minimum absolute atomic E-state index is 0.0210. The number of ether oxygens (including phenoxy) is 1. The van der Waals surface area contributed by atoms with Gasteiger partial charge in [-0.3, -0.25) is 0 Å². The van der Waals surface area contributed by atoms with Crippen LogP contribution in [0.2, 0.25) is 0 Å². The molecule has 0 saturated heterocycles. The number of benzene rings is 1. The van der Waals surface area contributed by atoms with Crippen molar-refractivity contribution >= 4 is 9.84 Å². The van der Waals surface area contributed by atoms with Crippen molar-refractivity contribution in [2.45, 2.75) is 19.9 Å². The lowest BCUT2D eigenvalue weighted by atomic mass is 10.1. The van der Waals surface area contributed by atoms with E-state index in [4.69, 9.17) is 10.5 Å². The zero-order chi connectivity index (χ0) is 13.8. The first-order chi connectivity index (χ1) is 8.35. The number of hydrogen-bond acceptors (Lipinski definition) is 4. The average Bonchev–Trinajstić information content (AvgIpc) is 2.28. The zero-order valence-corrected chi connectivity index (χ0v) is 11.3. The number of hydrogen-bond donors (Lipinski definition) is 1. The first-order valence-electron chi connectivity index (χ1n) is 5.74. The van der Waals surface area contributed by atoms with Crippen molar-refractivity contribution in [2.24, 2.45) is 5.73 Å². The topological polar surface area (TPSA) is 69.4 Å². The van der Waals surface area contributed by atoms with E-state index in [0.29, 0.717) is 11.3 Å². The lowest BCUT2D eigenvalue weighted by Gasteiger charge is -2.10. The van der Waals surface area contributed by atoms with E-state index in [1.807, 2.05) is 0 Å². The van der Waals surface area contributed by atoms with Gasteiger partial charge in [0.15, 0.2) is 9.84 Å². The fraction of sp³-hybridized carbons (Fsp3) is 0.500. The van der Waals surface area contributed by atoms with E-state index in [1.165, 1.54) is 6.07 Å². The van der Waals surface area contributed by atoms with Crippen LogP contribution in [0.15, 0.2) is 18.2 Å². The summed E-state index contributed by atoms with van der Waals surface area (Å²) in [4.78, 5) is 0. The van der Waals surface area contributed by atoms with E-state index in [9.17, 15) is 12.8 Å². The number of rotatable bonds is 6. The Bertz CT molecular complexity index is 500. The predicted molar refractivity (Wildman–Crippen MR) is 68.8 cm³/mol. The van der Waals surface area contributed by atoms with Crippen molar-refractivity contribution in [2.75, 3.05) is 18.1 Å². The van der Waals surface area contributed by atoms with Crippen molar-refractivity contribution in [1.82, 2.24) is 0 Å². The van der Waals surface area contributed by atoms with E-state index in [1.54, 1.807) is 26.0 Å². The van der Waals surface area contributed by atoms with Gasteiger partial charge < -0.3 is 10.5 Å². The third-order valence-corrected chi connectivity index (χ3v) is 4.23. The third-order valence-electron chi connectivity index (χ3n) is 2.57. The Morgan fingerprint density at radius 1 is 1.44 bits per heavy atom. The summed E-state index contributed by atoms with van der Waals surface area (Å²) in [5, 5.41) is 0. The highest BCUT2D eigenvalue weighted by Gasteiger charge is 2.10. The van der Waals surface area contributed by atoms with Gasteiger partial charge in [0.2, 0.25) is 0 Å². The molecule has 102 valence electrons. The van der Waals surface area contributed by atoms with E-state index in [2.05, 4.69) is 0 Å². The molecule has 0 radical (unpaired) electrons. The largest absolute Gasteiger partial charge is 0.492 e. The van der Waals surface area contributed by atoms with Crippen molar-refractivity contribution in [3.8, 4) is 5.75 Å². The van der Waals surface area contributed by atoms with Crippen LogP contribution in [0.4, 0.5) is 4.39 Å². The second-order valence-electron chi connectivity index (χ2n) is 4.06. The Labute approximate surface area is 107 Å². The maximum Gasteiger partial charge on any atom is 0.153 e. The van der Waals surface area contributed by atoms with Gasteiger partial charge >= 0.3 is 0 Å². The van der Waals surface area contributed by atoms with Crippen LogP contribution < -0.4 is 10.5 Å². The molecule has 0 bridgehead atoms. The highest BCUT2D eigenvalue weighted by atomic mass is 32.2. The van der Waals surface area contributed by atoms with Crippen LogP contribution in [0.25, 0.3) is 0 Å². The molecule has 1 rings (SSSR count). The molecule has 6 heteroatoms. The molecular formula is C12H18FNO3S. The van der Waals surface area contributed by atoms with Gasteiger partial charge in [0.25, 0.3) is 0 Å². The second-order valence-corrected chi connectivity index (χ2v) is 6.53. The number of sulfone groups is 1. The lowest BCUT2D eigenvalue weighted by Crippen LogP contribution is -2.15. The van der Waals surface area contributed by atoms with Gasteiger partial charge in [-0.1, -0.05) is 13.0 Å². The van der Waals surface area contributed by atoms with Gasteiger partial charge in [0, 0.05) is 23.4 Å². The summed E-state index contributed by atoms with van der Waals surface area (Å²) in [7, 11) is -3.06. The number of halogens is 1. The van der Waals surface area contributed by atoms with E-state index >= 15 is 0 Å². The molecule has 0 aromatic heterocycles. The molecule has 2 N–H and O–H groups in total. The van der Waals surface area contributed by atoms with Crippen LogP contribution in [0.5, 0.6) is 5.75 Å². The van der Waals surface area contributed by atoms with Crippen LogP contribution >= 0.6 is 0 Å². The Hall–Kier alpha value is -1.14. The average molecular weight is 275 g/mol. The fourth-order valence-corrected chi connectivity index (χ4v) is 2.02. The maximum absolute atomic E-state index is 13.6. The molecule has 0 unspecified atom stereocenters. The van der Waals surface area contributed by atoms with E-state index in [0.717, 1.165) is 0 Å². The smallest absolute Gasteiger partial charge is 0.153 e. The van der Waals surface area contributed by atoms with Gasteiger partial charge in [-0.15, -0.1) is 0 Å². The minimum Gasteiger partial charge on any atom is -0.492 e. The quantitative estimate of drug-likeness (QED) is 0.857. The molecule has 0 saturated carbocycles. The summed E-state index contributed by atoms with van der Waals surface area (Å²) in [5.41, 5.74) is 5.99. The SMILES string of the molecule is CCS(=O)(=O)CCOc1ccc([C@@H](C)N)c(F)c1. The van der Waals surface area contributed by atoms with Crippen LogP contribution in [0.1, 0.15) is 25.5 Å². The molecule has 0 heterocycles. The van der Waals surface area contributed by atoms with Gasteiger partial charge in [-0.2, -0.15) is 0 Å². The molecule has 0 aliphatic heterocycles. The van der Waals surface area contributed by atoms with E-state index in [-0.39, 0.29) is 24.2 Å². The minimum atomic E-state index is -3.06. The Kier molecular flexibility index (Phi) is 5.10. The highest BCUT2D eigenvalue weighted by Crippen LogP contribution is 2.20. The highest BCUT2D eigenvalue weighted by molar-refractivity contribution is 7.91. The molecule has 0 fully saturated rings. The fourth-order valence-electron chi connectivity index (χ4n) is 1.40. The van der Waals surface area contributed by atoms with Crippen molar-refractivity contribution in [3.05, 3.63) is 29.6 Å². The maximum atomic E-state index is 13.6. The molecule has 1 aromatic carbocycles. The Morgan fingerprint density at radius 3 is 2.61 bits per heavy atom. The van der Waals surface area contributed by atoms with Crippen LogP contribution in [-0.2, 0) is 9.84 Å². The van der Waals surface area contributed by atoms with Gasteiger partial charge in [0.1, 0.15) is 18.2 Å². The molecule has 0 aliphatic rings. The molecular weight excluding hydrogens is 257 g/mol. The van der Waals surface area contributed by atoms with Crippen molar-refractivity contribution in [1.29, 1.82) is 0 Å². The Balaban J connectivity index is 2.62. The first kappa shape index (κ1) is 14.9. The Morgan fingerprint density at radius 2 is 2.11 bits per heavy atom. The molecule has 1 aromatic rings. The van der Waals surface area contributed by atoms with E-state index < -0.39 is 15.7 Å². The molecule has 0 spiro atoms. The molecule has 4 nitrogen and oxygen atoms in total. The van der Waals surface area contributed by atoms with Crippen LogP contribution in [0, 0.1) is 5.82 Å². The second kappa shape index (κ2) is 6.15. The summed E-state index contributed by atoms with van der Waals surface area (Å²) in [6.07, 6.45) is 0. The normalized spacial score (nSPS) is 13.3. The number of nitrogens with two attached hydrogens (primary N) is 1. The predicted octanol–water partition coefficient (Wildman–Crippen LogP) is 1.66. The monoisotopic (exact) mass is 275 g/mol. The lowest BCUT2D eigenvalue weighted by molar-refractivity contribution is 0.338. The zero-order valence-electron chi connectivity index (χ0n) is 10.5. The van der Waals surface area contributed by atoms with Crippen molar-refractivity contribution < 1.29 is 17.5 Å². The van der Waals surface area contributed by atoms with Gasteiger partial charge in [-0.05, 0) is 13.0 Å². The standard InChI is InChI=1S/C12H18FNO3S/c1-3-18(15,16)7-6-17-10-4-5-11(9(2)14)12(13)8-10/h4-5,8-9H,3,6-7,14H2,1-2H3/t9-/m1/s1. The summed E-state index contributed by atoms with van der Waals surface area (Å²) in [6.45, 7) is 3.28. The van der Waals surface area contributed by atoms with Gasteiger partial charge in [-0.25, -0.2) is 12.8 Å². The molecule has 18 heavy (non-hydrogen) atoms. The summed E-state index contributed by atoms with van der Waals surface area (Å²) < 4.78 is 41.2.